The van der Waals surface area contributed by atoms with E-state index in [2.05, 4.69) is 27.5 Å². The van der Waals surface area contributed by atoms with Gasteiger partial charge in [0, 0.05) is 42.8 Å². The van der Waals surface area contributed by atoms with Crippen molar-refractivity contribution in [3.63, 3.8) is 0 Å². The third-order valence-electron chi connectivity index (χ3n) is 4.01. The van der Waals surface area contributed by atoms with Crippen LogP contribution < -0.4 is 5.32 Å². The molecule has 0 radical (unpaired) electrons. The number of nitrogens with one attached hydrogen (secondary N) is 2. The lowest BCUT2D eigenvalue weighted by Gasteiger charge is -2.05. The molecule has 1 aromatic carbocycles. The molecule has 0 aliphatic heterocycles. The molecule has 2 aromatic heterocycles. The highest BCUT2D eigenvalue weighted by Gasteiger charge is 2.05. The Morgan fingerprint density at radius 3 is 3.00 bits per heavy atom. The first-order valence-corrected chi connectivity index (χ1v) is 8.60. The van der Waals surface area contributed by atoms with Gasteiger partial charge in [-0.05, 0) is 30.9 Å². The molecule has 0 aliphatic rings. The van der Waals surface area contributed by atoms with Crippen LogP contribution in [0.25, 0.3) is 10.9 Å². The molecular weight excluding hydrogens is 324 g/mol. The van der Waals surface area contributed by atoms with Gasteiger partial charge in [-0.25, -0.2) is 0 Å². The van der Waals surface area contributed by atoms with Crippen LogP contribution in [-0.4, -0.2) is 27.2 Å². The van der Waals surface area contributed by atoms with E-state index in [1.54, 1.807) is 17.1 Å². The van der Waals surface area contributed by atoms with Crippen LogP contribution in [-0.2, 0) is 17.8 Å². The summed E-state index contributed by atoms with van der Waals surface area (Å²) >= 11 is 5.80. The Bertz CT molecular complexity index is 808. The molecule has 1 amide bonds. The minimum absolute atomic E-state index is 0.105. The van der Waals surface area contributed by atoms with E-state index in [-0.39, 0.29) is 5.91 Å². The minimum atomic E-state index is 0.105. The minimum Gasteiger partial charge on any atom is -0.361 e. The number of hydrogen-bond acceptors (Lipinski definition) is 2. The van der Waals surface area contributed by atoms with E-state index >= 15 is 0 Å². The molecule has 5 nitrogen and oxygen atoms in total. The number of aromatic amines is 1. The Balaban J connectivity index is 1.34. The molecule has 3 aromatic rings. The fourth-order valence-electron chi connectivity index (χ4n) is 2.80. The van der Waals surface area contributed by atoms with Crippen molar-refractivity contribution >= 4 is 28.4 Å². The fraction of sp³-hybridized carbons (Fsp3) is 0.333. The highest BCUT2D eigenvalue weighted by Crippen LogP contribution is 2.19. The summed E-state index contributed by atoms with van der Waals surface area (Å²) in [6.45, 7) is 1.41. The second kappa shape index (κ2) is 8.02. The molecular formula is C18H21ClN4O. The van der Waals surface area contributed by atoms with Crippen molar-refractivity contribution in [3.05, 3.63) is 53.4 Å². The molecule has 24 heavy (non-hydrogen) atoms. The SMILES string of the molecule is O=C(CCCc1c[nH]c2ccccc12)NCCCn1cc(Cl)cn1. The first-order chi connectivity index (χ1) is 11.7. The topological polar surface area (TPSA) is 62.7 Å². The van der Waals surface area contributed by atoms with Crippen LogP contribution in [0.15, 0.2) is 42.9 Å². The summed E-state index contributed by atoms with van der Waals surface area (Å²) in [5, 5.41) is 8.94. The number of hydrogen-bond donors (Lipinski definition) is 2. The summed E-state index contributed by atoms with van der Waals surface area (Å²) in [4.78, 5) is 15.2. The number of para-hydroxylation sites is 1. The number of carbonyl (C=O) groups excluding carboxylic acids is 1. The highest BCUT2D eigenvalue weighted by atomic mass is 35.5. The number of halogens is 1. The third kappa shape index (κ3) is 4.38. The van der Waals surface area contributed by atoms with E-state index < -0.39 is 0 Å². The molecule has 0 saturated heterocycles. The summed E-state index contributed by atoms with van der Waals surface area (Å²) in [6, 6.07) is 8.24. The van der Waals surface area contributed by atoms with Crippen molar-refractivity contribution in [3.8, 4) is 0 Å². The number of nitrogens with zero attached hydrogens (tertiary/aromatic N) is 2. The van der Waals surface area contributed by atoms with Gasteiger partial charge in [-0.1, -0.05) is 29.8 Å². The quantitative estimate of drug-likeness (QED) is 0.614. The van der Waals surface area contributed by atoms with Gasteiger partial charge in [-0.2, -0.15) is 5.10 Å². The van der Waals surface area contributed by atoms with Crippen molar-refractivity contribution in [1.29, 1.82) is 0 Å². The van der Waals surface area contributed by atoms with Crippen LogP contribution >= 0.6 is 11.6 Å². The molecule has 2 heterocycles. The van der Waals surface area contributed by atoms with Gasteiger partial charge in [0.25, 0.3) is 0 Å². The van der Waals surface area contributed by atoms with Gasteiger partial charge >= 0.3 is 0 Å². The summed E-state index contributed by atoms with van der Waals surface area (Å²) in [6.07, 6.45) is 8.58. The molecule has 0 bridgehead atoms. The normalized spacial score (nSPS) is 11.0. The van der Waals surface area contributed by atoms with E-state index in [9.17, 15) is 4.79 Å². The molecule has 2 N–H and O–H groups in total. The maximum atomic E-state index is 11.9. The number of H-pyrrole nitrogens is 1. The van der Waals surface area contributed by atoms with Gasteiger partial charge < -0.3 is 10.3 Å². The largest absolute Gasteiger partial charge is 0.361 e. The molecule has 0 atom stereocenters. The molecule has 126 valence electrons. The molecule has 3 rings (SSSR count). The van der Waals surface area contributed by atoms with Gasteiger partial charge in [0.1, 0.15) is 0 Å². The second-order valence-corrected chi connectivity index (χ2v) is 6.27. The summed E-state index contributed by atoms with van der Waals surface area (Å²) in [5.41, 5.74) is 2.42. The van der Waals surface area contributed by atoms with Crippen LogP contribution in [0.5, 0.6) is 0 Å². The number of amides is 1. The maximum absolute atomic E-state index is 11.9. The Kier molecular flexibility index (Phi) is 5.54. The van der Waals surface area contributed by atoms with Gasteiger partial charge in [-0.3, -0.25) is 9.48 Å². The van der Waals surface area contributed by atoms with Crippen LogP contribution in [0.4, 0.5) is 0 Å². The highest BCUT2D eigenvalue weighted by molar-refractivity contribution is 6.30. The first kappa shape index (κ1) is 16.6. The first-order valence-electron chi connectivity index (χ1n) is 8.22. The number of benzene rings is 1. The summed E-state index contributed by atoms with van der Waals surface area (Å²) < 4.78 is 1.78. The van der Waals surface area contributed by atoms with E-state index in [1.165, 1.54) is 10.9 Å². The van der Waals surface area contributed by atoms with Crippen molar-refractivity contribution in [2.45, 2.75) is 32.2 Å². The zero-order valence-electron chi connectivity index (χ0n) is 13.5. The molecule has 6 heteroatoms. The van der Waals surface area contributed by atoms with Crippen LogP contribution in [0, 0.1) is 0 Å². The lowest BCUT2D eigenvalue weighted by atomic mass is 10.1. The lowest BCUT2D eigenvalue weighted by Crippen LogP contribution is -2.25. The number of rotatable bonds is 8. The number of aryl methyl sites for hydroxylation is 2. The zero-order valence-corrected chi connectivity index (χ0v) is 14.2. The van der Waals surface area contributed by atoms with Crippen LogP contribution in [0.3, 0.4) is 0 Å². The molecule has 0 spiro atoms. The van der Waals surface area contributed by atoms with Crippen LogP contribution in [0.2, 0.25) is 5.02 Å². The summed E-state index contributed by atoms with van der Waals surface area (Å²) in [7, 11) is 0. The molecule has 0 unspecified atom stereocenters. The van der Waals surface area contributed by atoms with Gasteiger partial charge in [0.05, 0.1) is 11.2 Å². The zero-order chi connectivity index (χ0) is 16.8. The number of aromatic nitrogens is 3. The lowest BCUT2D eigenvalue weighted by molar-refractivity contribution is -0.121. The Labute approximate surface area is 146 Å². The predicted octanol–water partition coefficient (Wildman–Crippen LogP) is 3.55. The van der Waals surface area contributed by atoms with Crippen molar-refractivity contribution in [1.82, 2.24) is 20.1 Å². The maximum Gasteiger partial charge on any atom is 0.220 e. The molecule has 0 aliphatic carbocycles. The van der Waals surface area contributed by atoms with Crippen LogP contribution in [0.1, 0.15) is 24.8 Å². The smallest absolute Gasteiger partial charge is 0.220 e. The third-order valence-corrected chi connectivity index (χ3v) is 4.21. The molecule has 0 fully saturated rings. The van der Waals surface area contributed by atoms with E-state index in [0.29, 0.717) is 18.0 Å². The van der Waals surface area contributed by atoms with Gasteiger partial charge in [0.15, 0.2) is 0 Å². The van der Waals surface area contributed by atoms with E-state index in [1.807, 2.05) is 18.3 Å². The average Bonchev–Trinajstić information content (AvgIpc) is 3.18. The molecule has 0 saturated carbocycles. The number of carbonyl (C=O) groups is 1. The number of fused-ring (bicyclic) bond motifs is 1. The Morgan fingerprint density at radius 1 is 1.29 bits per heavy atom. The Morgan fingerprint density at radius 2 is 2.17 bits per heavy atom. The van der Waals surface area contributed by atoms with Crippen molar-refractivity contribution < 1.29 is 4.79 Å². The average molecular weight is 345 g/mol. The van der Waals surface area contributed by atoms with E-state index in [0.717, 1.165) is 31.3 Å². The fourth-order valence-corrected chi connectivity index (χ4v) is 2.95. The van der Waals surface area contributed by atoms with Crippen molar-refractivity contribution in [2.75, 3.05) is 6.54 Å². The summed E-state index contributed by atoms with van der Waals surface area (Å²) in [5.74, 6) is 0.105. The standard InChI is InChI=1S/C18H21ClN4O/c19-15-12-22-23(13-15)10-4-9-20-18(24)8-3-5-14-11-21-17-7-2-1-6-16(14)17/h1-2,6-7,11-13,21H,3-5,8-10H2,(H,20,24). The second-order valence-electron chi connectivity index (χ2n) is 5.84. The van der Waals surface area contributed by atoms with Gasteiger partial charge in [-0.15, -0.1) is 0 Å². The van der Waals surface area contributed by atoms with Crippen molar-refractivity contribution in [2.24, 2.45) is 0 Å². The van der Waals surface area contributed by atoms with Gasteiger partial charge in [0.2, 0.25) is 5.91 Å². The predicted molar refractivity (Wildman–Crippen MR) is 96.1 cm³/mol. The monoisotopic (exact) mass is 344 g/mol. The Hall–Kier alpha value is -2.27. The van der Waals surface area contributed by atoms with E-state index in [4.69, 9.17) is 11.6 Å².